The number of halogens is 3. The Morgan fingerprint density at radius 2 is 1.71 bits per heavy atom. The van der Waals surface area contributed by atoms with Crippen LogP contribution in [-0.4, -0.2) is 50.4 Å². The maximum Gasteiger partial charge on any atom is 0.333 e. The van der Waals surface area contributed by atoms with E-state index in [9.17, 15) is 34.2 Å². The molecule has 170 valence electrons. The van der Waals surface area contributed by atoms with Crippen LogP contribution in [0.25, 0.3) is 5.16 Å². The Kier molecular flexibility index (Phi) is 8.29. The van der Waals surface area contributed by atoms with Crippen molar-refractivity contribution in [1.82, 2.24) is 9.55 Å². The monoisotopic (exact) mass is 498 g/mol. The molecule has 0 spiro atoms. The zero-order chi connectivity index (χ0) is 23.5. The van der Waals surface area contributed by atoms with Crippen LogP contribution in [0.15, 0.2) is 20.3 Å². The lowest BCUT2D eigenvalue weighted by atomic mass is 9.81. The number of nitrogens with one attached hydrogen (secondary N) is 1. The molecule has 4 atom stereocenters. The summed E-state index contributed by atoms with van der Waals surface area (Å²) in [7, 11) is 0. The second kappa shape index (κ2) is 10.3. The molecule has 1 aromatic heterocycles. The molecule has 11 nitrogen and oxygen atoms in total. The first-order valence-corrected chi connectivity index (χ1v) is 9.85. The number of carbonyl (C=O) groups is 3. The summed E-state index contributed by atoms with van der Waals surface area (Å²) in [5.74, 6) is -5.09. The van der Waals surface area contributed by atoms with Gasteiger partial charge >= 0.3 is 23.6 Å². The number of hydrogen-bond acceptors (Lipinski definition) is 7. The molecule has 31 heavy (non-hydrogen) atoms. The van der Waals surface area contributed by atoms with Crippen LogP contribution in [0.2, 0.25) is 0 Å². The Labute approximate surface area is 189 Å². The fourth-order valence-electron chi connectivity index (χ4n) is 3.43. The molecule has 0 aliphatic carbocycles. The Morgan fingerprint density at radius 3 is 2.23 bits per heavy atom. The lowest BCUT2D eigenvalue weighted by Crippen LogP contribution is -2.33. The Bertz CT molecular complexity index is 1030. The number of esters is 1. The molecule has 0 amide bonds. The zero-order valence-corrected chi connectivity index (χ0v) is 18.1. The lowest BCUT2D eigenvalue weighted by Gasteiger charge is -2.21. The summed E-state index contributed by atoms with van der Waals surface area (Å²) < 4.78 is 10.9. The van der Waals surface area contributed by atoms with E-state index in [0.29, 0.717) is 0 Å². The first-order valence-electron chi connectivity index (χ1n) is 8.71. The van der Waals surface area contributed by atoms with Gasteiger partial charge in [-0.25, -0.2) is 4.79 Å². The molecular formula is C17H17Cl3N2O9. The van der Waals surface area contributed by atoms with Gasteiger partial charge in [0.15, 0.2) is 0 Å². The molecule has 1 fully saturated rings. The molecule has 1 aliphatic heterocycles. The highest BCUT2D eigenvalue weighted by Gasteiger charge is 2.48. The normalized spacial score (nSPS) is 22.7. The number of aliphatic carboxylic acids is 2. The molecule has 0 bridgehead atoms. The average Bonchev–Trinajstić information content (AvgIpc) is 2.95. The number of rotatable bonds is 8. The number of carboxylic acids is 2. The number of carbonyl (C=O) groups excluding carboxylic acids is 1. The van der Waals surface area contributed by atoms with Crippen molar-refractivity contribution in [3.05, 3.63) is 37.1 Å². The highest BCUT2D eigenvalue weighted by molar-refractivity contribution is 6.65. The number of aromatic nitrogens is 2. The van der Waals surface area contributed by atoms with E-state index in [1.807, 2.05) is 4.98 Å². The molecule has 1 aliphatic rings. The number of aromatic amines is 1. The van der Waals surface area contributed by atoms with E-state index in [2.05, 4.69) is 0 Å². The van der Waals surface area contributed by atoms with Crippen molar-refractivity contribution >= 4 is 57.9 Å². The van der Waals surface area contributed by atoms with Crippen LogP contribution in [0.1, 0.15) is 31.4 Å². The summed E-state index contributed by atoms with van der Waals surface area (Å²) in [5.41, 5.74) is -2.08. The van der Waals surface area contributed by atoms with E-state index < -0.39 is 75.7 Å². The van der Waals surface area contributed by atoms with Crippen molar-refractivity contribution in [3.8, 4) is 0 Å². The first kappa shape index (κ1) is 24.9. The standard InChI is InChI=1S/C17H17Cl3N2O9/c1-6(23)30-5-10-7(2-11(24)25)8(3-12(26)27)13(31-10)9-4-22(15(20)14(18)19)17(29)21-16(9)28/h4,7-8,10,13H,2-3,5H2,1H3,(H,24,25)(H,26,27)(H,21,28,29)/t7-,8+,10+,13+/m1/s1. The van der Waals surface area contributed by atoms with Crippen LogP contribution in [0.5, 0.6) is 0 Å². The van der Waals surface area contributed by atoms with Crippen molar-refractivity contribution < 1.29 is 34.1 Å². The predicted molar refractivity (Wildman–Crippen MR) is 108 cm³/mol. The summed E-state index contributed by atoms with van der Waals surface area (Å²) >= 11 is 17.1. The van der Waals surface area contributed by atoms with E-state index in [-0.39, 0.29) is 12.2 Å². The van der Waals surface area contributed by atoms with Gasteiger partial charge in [0.1, 0.15) is 16.3 Å². The quantitative estimate of drug-likeness (QED) is 0.450. The van der Waals surface area contributed by atoms with Crippen molar-refractivity contribution in [2.45, 2.75) is 32.0 Å². The van der Waals surface area contributed by atoms with Gasteiger partial charge in [0, 0.05) is 25.0 Å². The molecule has 2 rings (SSSR count). The van der Waals surface area contributed by atoms with E-state index >= 15 is 0 Å². The second-order valence-corrected chi connectivity index (χ2v) is 7.99. The fourth-order valence-corrected chi connectivity index (χ4v) is 3.73. The van der Waals surface area contributed by atoms with Gasteiger partial charge in [0.05, 0.1) is 30.6 Å². The highest BCUT2D eigenvalue weighted by atomic mass is 35.5. The largest absolute Gasteiger partial charge is 0.481 e. The Hall–Kier alpha value is -2.34. The fraction of sp³-hybridized carbons (Fsp3) is 0.471. The van der Waals surface area contributed by atoms with Gasteiger partial charge in [0.25, 0.3) is 5.56 Å². The summed E-state index contributed by atoms with van der Waals surface area (Å²) in [6.07, 6.45) is -2.35. The summed E-state index contributed by atoms with van der Waals surface area (Å²) in [5, 5.41) is 18.2. The predicted octanol–water partition coefficient (Wildman–Crippen LogP) is 1.52. The molecule has 0 aromatic carbocycles. The van der Waals surface area contributed by atoms with Crippen molar-refractivity contribution in [3.63, 3.8) is 0 Å². The van der Waals surface area contributed by atoms with Gasteiger partial charge in [-0.1, -0.05) is 34.8 Å². The third-order valence-electron chi connectivity index (χ3n) is 4.65. The van der Waals surface area contributed by atoms with Gasteiger partial charge in [-0.3, -0.25) is 28.7 Å². The molecule has 1 saturated heterocycles. The Balaban J connectivity index is 2.59. The van der Waals surface area contributed by atoms with Crippen molar-refractivity contribution in [1.29, 1.82) is 0 Å². The maximum atomic E-state index is 12.5. The first-order chi connectivity index (χ1) is 14.4. The van der Waals surface area contributed by atoms with Crippen LogP contribution in [-0.2, 0) is 23.9 Å². The van der Waals surface area contributed by atoms with Gasteiger partial charge < -0.3 is 19.7 Å². The van der Waals surface area contributed by atoms with Gasteiger partial charge in [-0.15, -0.1) is 0 Å². The minimum Gasteiger partial charge on any atom is -0.481 e. The molecule has 0 saturated carbocycles. The van der Waals surface area contributed by atoms with Crippen LogP contribution in [0, 0.1) is 11.8 Å². The van der Waals surface area contributed by atoms with Crippen molar-refractivity contribution in [2.75, 3.05) is 6.61 Å². The van der Waals surface area contributed by atoms with E-state index in [4.69, 9.17) is 44.3 Å². The summed E-state index contributed by atoms with van der Waals surface area (Å²) in [6.45, 7) is 0.782. The minimum atomic E-state index is -1.27. The highest BCUT2D eigenvalue weighted by Crippen LogP contribution is 2.45. The van der Waals surface area contributed by atoms with E-state index in [1.54, 1.807) is 0 Å². The second-order valence-electron chi connectivity index (χ2n) is 6.69. The Morgan fingerprint density at radius 1 is 1.13 bits per heavy atom. The van der Waals surface area contributed by atoms with E-state index in [0.717, 1.165) is 17.7 Å². The molecule has 0 unspecified atom stereocenters. The summed E-state index contributed by atoms with van der Waals surface area (Å²) in [6, 6.07) is 0. The third kappa shape index (κ3) is 6.10. The van der Waals surface area contributed by atoms with E-state index in [1.165, 1.54) is 0 Å². The molecule has 14 heteroatoms. The van der Waals surface area contributed by atoms with Crippen molar-refractivity contribution in [2.24, 2.45) is 11.8 Å². The molecule has 1 aromatic rings. The molecule has 3 N–H and O–H groups in total. The third-order valence-corrected chi connectivity index (χ3v) is 5.58. The van der Waals surface area contributed by atoms with Gasteiger partial charge in [0.2, 0.25) is 0 Å². The molecular weight excluding hydrogens is 483 g/mol. The summed E-state index contributed by atoms with van der Waals surface area (Å²) in [4.78, 5) is 60.6. The SMILES string of the molecule is CC(=O)OC[C@@H]1O[C@H](c2cn(C(Cl)=C(Cl)Cl)c(=O)[nH]c2=O)[C@@H](CC(=O)O)[C@H]1CC(=O)O. The number of hydrogen-bond donors (Lipinski definition) is 3. The van der Waals surface area contributed by atoms with Gasteiger partial charge in [-0.2, -0.15) is 0 Å². The van der Waals surface area contributed by atoms with Crippen LogP contribution >= 0.6 is 34.8 Å². The smallest absolute Gasteiger partial charge is 0.333 e. The van der Waals surface area contributed by atoms with Crippen LogP contribution in [0.3, 0.4) is 0 Å². The topological polar surface area (TPSA) is 165 Å². The lowest BCUT2D eigenvalue weighted by molar-refractivity contribution is -0.146. The average molecular weight is 500 g/mol. The zero-order valence-electron chi connectivity index (χ0n) is 15.8. The molecule has 0 radical (unpaired) electrons. The number of nitrogens with zero attached hydrogens (tertiary/aromatic N) is 1. The van der Waals surface area contributed by atoms with Gasteiger partial charge in [-0.05, 0) is 0 Å². The van der Waals surface area contributed by atoms with Crippen LogP contribution < -0.4 is 11.2 Å². The number of carboxylic acid groups (broad SMARTS) is 2. The minimum absolute atomic E-state index is 0.209. The maximum absolute atomic E-state index is 12.5. The number of ether oxygens (including phenoxy) is 2. The molecule has 2 heterocycles. The van der Waals surface area contributed by atoms with Crippen LogP contribution in [0.4, 0.5) is 0 Å². The number of H-pyrrole nitrogens is 1.